The zero-order valence-electron chi connectivity index (χ0n) is 10.9. The molecule has 0 saturated heterocycles. The fraction of sp³-hybridized carbons (Fsp3) is 0.462. The van der Waals surface area contributed by atoms with Gasteiger partial charge >= 0.3 is 0 Å². The summed E-state index contributed by atoms with van der Waals surface area (Å²) in [6.07, 6.45) is 0. The highest BCUT2D eigenvalue weighted by Crippen LogP contribution is 2.16. The molecule has 1 aromatic heterocycles. The van der Waals surface area contributed by atoms with Crippen LogP contribution >= 0.6 is 0 Å². The molecule has 0 aliphatic carbocycles. The first-order chi connectivity index (χ1) is 8.81. The van der Waals surface area contributed by atoms with E-state index in [-0.39, 0.29) is 0 Å². The topological polar surface area (TPSA) is 55.6 Å². The molecule has 1 atom stereocenters. The van der Waals surface area contributed by atoms with Gasteiger partial charge in [-0.1, -0.05) is 44.2 Å². The zero-order valence-corrected chi connectivity index (χ0v) is 10.9. The molecule has 5 nitrogen and oxygen atoms in total. The smallest absolute Gasteiger partial charge is 0.165 e. The van der Waals surface area contributed by atoms with Crippen molar-refractivity contribution in [2.24, 2.45) is 0 Å². The first-order valence-electron chi connectivity index (χ1n) is 6.32. The van der Waals surface area contributed by atoms with Gasteiger partial charge in [0.25, 0.3) is 0 Å². The van der Waals surface area contributed by atoms with Gasteiger partial charge in [0, 0.05) is 5.92 Å². The van der Waals surface area contributed by atoms with Gasteiger partial charge in [0.15, 0.2) is 5.82 Å². The maximum Gasteiger partial charge on any atom is 0.165 e. The van der Waals surface area contributed by atoms with E-state index in [1.165, 1.54) is 5.56 Å². The summed E-state index contributed by atoms with van der Waals surface area (Å²) < 4.78 is 1.88. The van der Waals surface area contributed by atoms with E-state index in [2.05, 4.69) is 59.0 Å². The molecule has 1 heterocycles. The van der Waals surface area contributed by atoms with Gasteiger partial charge in [-0.05, 0) is 22.5 Å². The Balaban J connectivity index is 2.03. The molecular weight excluding hydrogens is 226 g/mol. The minimum absolute atomic E-state index is 0.398. The summed E-state index contributed by atoms with van der Waals surface area (Å²) in [5.74, 6) is 1.29. The minimum Gasteiger partial charge on any atom is -0.310 e. The molecule has 2 aromatic rings. The molecule has 0 spiro atoms. The van der Waals surface area contributed by atoms with Crippen molar-refractivity contribution >= 4 is 0 Å². The van der Waals surface area contributed by atoms with E-state index in [9.17, 15) is 0 Å². The molecule has 1 N–H and O–H groups in total. The summed E-state index contributed by atoms with van der Waals surface area (Å²) in [6.45, 7) is 6.69. The summed E-state index contributed by atoms with van der Waals surface area (Å²) in [6, 6.07) is 10.4. The molecular formula is C13H19N5. The second-order valence-corrected chi connectivity index (χ2v) is 4.37. The van der Waals surface area contributed by atoms with E-state index in [1.54, 1.807) is 0 Å². The molecule has 0 fully saturated rings. The lowest BCUT2D eigenvalue weighted by Crippen LogP contribution is -2.18. The number of hydrogen-bond acceptors (Lipinski definition) is 4. The van der Waals surface area contributed by atoms with Crippen LogP contribution in [0.2, 0.25) is 0 Å². The third-order valence-electron chi connectivity index (χ3n) is 2.95. The Bertz CT molecular complexity index is 465. The summed E-state index contributed by atoms with van der Waals surface area (Å²) in [7, 11) is 0. The molecule has 96 valence electrons. The summed E-state index contributed by atoms with van der Waals surface area (Å²) >= 11 is 0. The van der Waals surface area contributed by atoms with E-state index >= 15 is 0 Å². The van der Waals surface area contributed by atoms with Gasteiger partial charge in [0.1, 0.15) is 0 Å². The van der Waals surface area contributed by atoms with Crippen LogP contribution in [0.4, 0.5) is 0 Å². The van der Waals surface area contributed by atoms with Crippen molar-refractivity contribution < 1.29 is 0 Å². The van der Waals surface area contributed by atoms with Crippen molar-refractivity contribution in [3.63, 3.8) is 0 Å². The fourth-order valence-corrected chi connectivity index (χ4v) is 1.87. The average Bonchev–Trinajstić information content (AvgIpc) is 2.84. The highest BCUT2D eigenvalue weighted by atomic mass is 15.5. The summed E-state index contributed by atoms with van der Waals surface area (Å²) in [5.41, 5.74) is 1.31. The van der Waals surface area contributed by atoms with Crippen LogP contribution in [0, 0.1) is 0 Å². The number of rotatable bonds is 6. The van der Waals surface area contributed by atoms with Crippen LogP contribution in [0.25, 0.3) is 0 Å². The Morgan fingerprint density at radius 2 is 2.06 bits per heavy atom. The summed E-state index contributed by atoms with van der Waals surface area (Å²) in [5, 5.41) is 15.1. The predicted octanol–water partition coefficient (Wildman–Crippen LogP) is 1.59. The number of nitrogens with one attached hydrogen (secondary N) is 1. The van der Waals surface area contributed by atoms with Crippen LogP contribution in [0.1, 0.15) is 31.2 Å². The van der Waals surface area contributed by atoms with Crippen molar-refractivity contribution in [1.82, 2.24) is 25.5 Å². The minimum atomic E-state index is 0.398. The third-order valence-corrected chi connectivity index (χ3v) is 2.95. The van der Waals surface area contributed by atoms with E-state index in [1.807, 2.05) is 10.7 Å². The third kappa shape index (κ3) is 3.13. The highest BCUT2D eigenvalue weighted by Gasteiger charge is 2.10. The van der Waals surface area contributed by atoms with Crippen LogP contribution < -0.4 is 5.32 Å². The molecule has 2 rings (SSSR count). The maximum absolute atomic E-state index is 4.05. The highest BCUT2D eigenvalue weighted by molar-refractivity contribution is 5.18. The Hall–Kier alpha value is -1.75. The Labute approximate surface area is 107 Å². The van der Waals surface area contributed by atoms with Crippen LogP contribution in [0.3, 0.4) is 0 Å². The second kappa shape index (κ2) is 6.26. The molecule has 0 bridgehead atoms. The molecule has 0 amide bonds. The van der Waals surface area contributed by atoms with Crippen molar-refractivity contribution in [2.45, 2.75) is 32.9 Å². The zero-order chi connectivity index (χ0) is 12.8. The van der Waals surface area contributed by atoms with Gasteiger partial charge in [-0.3, -0.25) is 0 Å². The van der Waals surface area contributed by atoms with Gasteiger partial charge in [-0.15, -0.1) is 5.10 Å². The van der Waals surface area contributed by atoms with E-state index in [0.717, 1.165) is 18.9 Å². The van der Waals surface area contributed by atoms with Crippen LogP contribution in [-0.2, 0) is 13.1 Å². The molecule has 1 unspecified atom stereocenters. The van der Waals surface area contributed by atoms with Gasteiger partial charge < -0.3 is 5.32 Å². The van der Waals surface area contributed by atoms with E-state index < -0.39 is 0 Å². The van der Waals surface area contributed by atoms with Crippen LogP contribution in [-0.4, -0.2) is 26.8 Å². The molecule has 0 aliphatic heterocycles. The SMILES string of the molecule is CCNCc1nnnn1CC(C)c1ccccc1. The van der Waals surface area contributed by atoms with Crippen molar-refractivity contribution in [3.05, 3.63) is 41.7 Å². The van der Waals surface area contributed by atoms with Crippen molar-refractivity contribution in [2.75, 3.05) is 6.54 Å². The van der Waals surface area contributed by atoms with Gasteiger partial charge in [0.2, 0.25) is 0 Å². The predicted molar refractivity (Wildman–Crippen MR) is 70.1 cm³/mol. The number of nitrogens with zero attached hydrogens (tertiary/aromatic N) is 4. The maximum atomic E-state index is 4.05. The quantitative estimate of drug-likeness (QED) is 0.839. The largest absolute Gasteiger partial charge is 0.310 e. The van der Waals surface area contributed by atoms with Crippen molar-refractivity contribution in [1.29, 1.82) is 0 Å². The normalized spacial score (nSPS) is 12.6. The first kappa shape index (κ1) is 12.7. The molecule has 18 heavy (non-hydrogen) atoms. The van der Waals surface area contributed by atoms with Crippen LogP contribution in [0.15, 0.2) is 30.3 Å². The van der Waals surface area contributed by atoms with Gasteiger partial charge in [-0.25, -0.2) is 4.68 Å². The van der Waals surface area contributed by atoms with E-state index in [0.29, 0.717) is 12.5 Å². The van der Waals surface area contributed by atoms with Gasteiger partial charge in [-0.2, -0.15) is 0 Å². The molecule has 5 heteroatoms. The Kier molecular flexibility index (Phi) is 4.41. The Morgan fingerprint density at radius 1 is 1.28 bits per heavy atom. The van der Waals surface area contributed by atoms with Gasteiger partial charge in [0.05, 0.1) is 13.1 Å². The fourth-order valence-electron chi connectivity index (χ4n) is 1.87. The molecule has 1 aromatic carbocycles. The lowest BCUT2D eigenvalue weighted by molar-refractivity contribution is 0.498. The second-order valence-electron chi connectivity index (χ2n) is 4.37. The monoisotopic (exact) mass is 245 g/mol. The average molecular weight is 245 g/mol. The lowest BCUT2D eigenvalue weighted by atomic mass is 10.0. The molecule has 0 saturated carbocycles. The summed E-state index contributed by atoms with van der Waals surface area (Å²) in [4.78, 5) is 0. The number of hydrogen-bond donors (Lipinski definition) is 1. The number of tetrazole rings is 1. The van der Waals surface area contributed by atoms with Crippen LogP contribution in [0.5, 0.6) is 0 Å². The standard InChI is InChI=1S/C13H19N5/c1-3-14-9-13-15-16-17-18(13)10-11(2)12-7-5-4-6-8-12/h4-8,11,14H,3,9-10H2,1-2H3. The molecule has 0 aliphatic rings. The lowest BCUT2D eigenvalue weighted by Gasteiger charge is -2.12. The Morgan fingerprint density at radius 3 is 2.78 bits per heavy atom. The molecule has 0 radical (unpaired) electrons. The first-order valence-corrected chi connectivity index (χ1v) is 6.32. The van der Waals surface area contributed by atoms with E-state index in [4.69, 9.17) is 0 Å². The number of aromatic nitrogens is 4. The van der Waals surface area contributed by atoms with Crippen molar-refractivity contribution in [3.8, 4) is 0 Å². The number of benzene rings is 1.